The van der Waals surface area contributed by atoms with Gasteiger partial charge in [-0.15, -0.1) is 0 Å². The monoisotopic (exact) mass is 320 g/mol. The van der Waals surface area contributed by atoms with Crippen molar-refractivity contribution in [1.82, 2.24) is 0 Å². The summed E-state index contributed by atoms with van der Waals surface area (Å²) in [4.78, 5) is 11.3. The minimum absolute atomic E-state index is 0.0542. The number of hydrogen-bond acceptors (Lipinski definition) is 2. The maximum absolute atomic E-state index is 11.3. The van der Waals surface area contributed by atoms with Gasteiger partial charge in [0.2, 0.25) is 0 Å². The van der Waals surface area contributed by atoms with Crippen LogP contribution in [0.4, 0.5) is 0 Å². The maximum atomic E-state index is 11.3. The molecule has 0 aromatic rings. The van der Waals surface area contributed by atoms with E-state index in [2.05, 4.69) is 43.4 Å². The average molecular weight is 321 g/mol. The highest BCUT2D eigenvalue weighted by molar-refractivity contribution is 5.69. The smallest absolute Gasteiger partial charge is 0.305 e. The van der Waals surface area contributed by atoms with Crippen molar-refractivity contribution in [1.29, 1.82) is 0 Å². The Morgan fingerprint density at radius 2 is 1.30 bits per heavy atom. The number of rotatable bonds is 15. The van der Waals surface area contributed by atoms with Crippen molar-refractivity contribution < 1.29 is 9.53 Å². The molecule has 0 unspecified atom stereocenters. The molecular weight excluding hydrogens is 284 g/mol. The molecule has 0 rings (SSSR count). The average Bonchev–Trinajstić information content (AvgIpc) is 2.56. The first-order chi connectivity index (χ1) is 11.3. The van der Waals surface area contributed by atoms with Crippen LogP contribution >= 0.6 is 0 Å². The highest BCUT2D eigenvalue weighted by Gasteiger charge is 2.00. The van der Waals surface area contributed by atoms with Crippen LogP contribution in [0, 0.1) is 0 Å². The van der Waals surface area contributed by atoms with Gasteiger partial charge in [0.15, 0.2) is 0 Å². The number of esters is 1. The van der Waals surface area contributed by atoms with Crippen molar-refractivity contribution >= 4 is 5.97 Å². The summed E-state index contributed by atoms with van der Waals surface area (Å²) in [6.07, 6.45) is 25.1. The van der Waals surface area contributed by atoms with Gasteiger partial charge in [0.05, 0.1) is 6.61 Å². The van der Waals surface area contributed by atoms with Gasteiger partial charge in [-0.2, -0.15) is 0 Å². The fourth-order valence-electron chi connectivity index (χ4n) is 2.11. The highest BCUT2D eigenvalue weighted by Crippen LogP contribution is 2.04. The van der Waals surface area contributed by atoms with Gasteiger partial charge in [-0.25, -0.2) is 0 Å². The second-order valence-corrected chi connectivity index (χ2v) is 5.85. The lowest BCUT2D eigenvalue weighted by molar-refractivity contribution is -0.143. The van der Waals surface area contributed by atoms with Crippen LogP contribution in [0.3, 0.4) is 0 Å². The second kappa shape index (κ2) is 18.7. The van der Waals surface area contributed by atoms with Gasteiger partial charge >= 0.3 is 5.97 Å². The van der Waals surface area contributed by atoms with Crippen molar-refractivity contribution in [2.24, 2.45) is 0 Å². The number of allylic oxidation sites excluding steroid dienone is 6. The van der Waals surface area contributed by atoms with E-state index < -0.39 is 0 Å². The molecular formula is C21H36O2. The molecule has 2 nitrogen and oxygen atoms in total. The molecule has 0 aliphatic carbocycles. The Bertz CT molecular complexity index is 340. The van der Waals surface area contributed by atoms with Gasteiger partial charge in [-0.3, -0.25) is 4.79 Å². The summed E-state index contributed by atoms with van der Waals surface area (Å²) in [6.45, 7) is 4.80. The number of ether oxygens (including phenoxy) is 1. The molecule has 0 radical (unpaired) electrons. The van der Waals surface area contributed by atoms with E-state index in [9.17, 15) is 4.79 Å². The summed E-state index contributed by atoms with van der Waals surface area (Å²) in [5, 5.41) is 0. The fraction of sp³-hybridized carbons (Fsp3) is 0.667. The first-order valence-electron chi connectivity index (χ1n) is 9.41. The third-order valence-corrected chi connectivity index (χ3v) is 3.49. The van der Waals surface area contributed by atoms with E-state index in [0.29, 0.717) is 13.0 Å². The summed E-state index contributed by atoms with van der Waals surface area (Å²) in [6, 6.07) is 0. The Morgan fingerprint density at radius 1 is 0.739 bits per heavy atom. The Labute approximate surface area is 143 Å². The summed E-state index contributed by atoms with van der Waals surface area (Å²) in [5.74, 6) is -0.0542. The molecule has 0 aliphatic heterocycles. The first kappa shape index (κ1) is 21.7. The molecule has 0 aromatic carbocycles. The Hall–Kier alpha value is -1.31. The molecule has 2 heteroatoms. The zero-order chi connectivity index (χ0) is 17.0. The Balaban J connectivity index is 3.36. The molecule has 0 saturated carbocycles. The highest BCUT2D eigenvalue weighted by atomic mass is 16.5. The van der Waals surface area contributed by atoms with Crippen LogP contribution in [0.15, 0.2) is 36.5 Å². The molecule has 0 heterocycles. The topological polar surface area (TPSA) is 26.3 Å². The van der Waals surface area contributed by atoms with Crippen LogP contribution in [-0.2, 0) is 9.53 Å². The summed E-state index contributed by atoms with van der Waals surface area (Å²) in [5.41, 5.74) is 0. The molecule has 0 saturated heterocycles. The molecule has 0 atom stereocenters. The normalized spacial score (nSPS) is 11.9. The van der Waals surface area contributed by atoms with E-state index in [4.69, 9.17) is 4.74 Å². The van der Waals surface area contributed by atoms with Crippen LogP contribution in [0.2, 0.25) is 0 Å². The molecule has 23 heavy (non-hydrogen) atoms. The number of unbranched alkanes of at least 4 members (excludes halogenated alkanes) is 5. The van der Waals surface area contributed by atoms with E-state index in [-0.39, 0.29) is 5.97 Å². The van der Waals surface area contributed by atoms with Crippen molar-refractivity contribution in [3.63, 3.8) is 0 Å². The lowest BCUT2D eigenvalue weighted by atomic mass is 10.1. The van der Waals surface area contributed by atoms with Gasteiger partial charge in [0.25, 0.3) is 0 Å². The van der Waals surface area contributed by atoms with Gasteiger partial charge in [-0.05, 0) is 51.4 Å². The van der Waals surface area contributed by atoms with E-state index in [1.165, 1.54) is 25.7 Å². The van der Waals surface area contributed by atoms with Gasteiger partial charge in [-0.1, -0.05) is 63.1 Å². The third kappa shape index (κ3) is 18.6. The predicted molar refractivity (Wildman–Crippen MR) is 101 cm³/mol. The summed E-state index contributed by atoms with van der Waals surface area (Å²) >= 11 is 0. The van der Waals surface area contributed by atoms with Crippen molar-refractivity contribution in [3.05, 3.63) is 36.5 Å². The lowest BCUT2D eigenvalue weighted by Gasteiger charge is -2.01. The van der Waals surface area contributed by atoms with E-state index >= 15 is 0 Å². The minimum atomic E-state index is -0.0542. The van der Waals surface area contributed by atoms with Crippen LogP contribution < -0.4 is 0 Å². The standard InChI is InChI=1S/C21H36O2/c1-3-5-6-7-8-9-10-11-12-13-14-15-16-17-18-19-21(22)23-20-4-2/h8-9,11-12,14-15H,3-7,10,13,16-20H2,1-2H3/b9-8-,12-11-,15-14-. The molecule has 0 aliphatic rings. The van der Waals surface area contributed by atoms with Gasteiger partial charge in [0, 0.05) is 6.42 Å². The first-order valence-corrected chi connectivity index (χ1v) is 9.41. The molecule has 0 N–H and O–H groups in total. The quantitative estimate of drug-likeness (QED) is 0.195. The largest absolute Gasteiger partial charge is 0.466 e. The maximum Gasteiger partial charge on any atom is 0.305 e. The molecule has 132 valence electrons. The second-order valence-electron chi connectivity index (χ2n) is 5.85. The molecule has 0 amide bonds. The Morgan fingerprint density at radius 3 is 1.87 bits per heavy atom. The zero-order valence-corrected chi connectivity index (χ0v) is 15.3. The number of carbonyl (C=O) groups excluding carboxylic acids is 1. The van der Waals surface area contributed by atoms with Crippen LogP contribution in [-0.4, -0.2) is 12.6 Å². The number of carbonyl (C=O) groups is 1. The predicted octanol–water partition coefficient (Wildman–Crippen LogP) is 6.53. The third-order valence-electron chi connectivity index (χ3n) is 3.49. The van der Waals surface area contributed by atoms with Crippen LogP contribution in [0.1, 0.15) is 84.5 Å². The number of hydrogen-bond donors (Lipinski definition) is 0. The van der Waals surface area contributed by atoms with Gasteiger partial charge in [0.1, 0.15) is 0 Å². The van der Waals surface area contributed by atoms with Crippen molar-refractivity contribution in [3.8, 4) is 0 Å². The summed E-state index contributed by atoms with van der Waals surface area (Å²) in [7, 11) is 0. The minimum Gasteiger partial charge on any atom is -0.466 e. The van der Waals surface area contributed by atoms with Crippen LogP contribution in [0.25, 0.3) is 0 Å². The fourth-order valence-corrected chi connectivity index (χ4v) is 2.11. The van der Waals surface area contributed by atoms with Crippen molar-refractivity contribution in [2.45, 2.75) is 84.5 Å². The van der Waals surface area contributed by atoms with Crippen LogP contribution in [0.5, 0.6) is 0 Å². The van der Waals surface area contributed by atoms with Crippen molar-refractivity contribution in [2.75, 3.05) is 6.61 Å². The molecule has 0 spiro atoms. The van der Waals surface area contributed by atoms with E-state index in [0.717, 1.165) is 38.5 Å². The van der Waals surface area contributed by atoms with E-state index in [1.54, 1.807) is 0 Å². The summed E-state index contributed by atoms with van der Waals surface area (Å²) < 4.78 is 5.04. The van der Waals surface area contributed by atoms with E-state index in [1.807, 2.05) is 6.92 Å². The lowest BCUT2D eigenvalue weighted by Crippen LogP contribution is -2.04. The SMILES string of the molecule is CCCCC/C=C\C/C=C\C/C=C\CCCCC(=O)OCCC. The zero-order valence-electron chi connectivity index (χ0n) is 15.3. The molecule has 0 fully saturated rings. The van der Waals surface area contributed by atoms with Gasteiger partial charge < -0.3 is 4.74 Å². The Kier molecular flexibility index (Phi) is 17.7. The molecule has 0 bridgehead atoms. The molecule has 0 aromatic heterocycles.